The average Bonchev–Trinajstić information content (AvgIpc) is 3.27. The van der Waals surface area contributed by atoms with Gasteiger partial charge in [-0.3, -0.25) is 0 Å². The lowest BCUT2D eigenvalue weighted by molar-refractivity contribution is 1.63. The summed E-state index contributed by atoms with van der Waals surface area (Å²) in [6.45, 7) is 0. The molecule has 0 amide bonds. The van der Waals surface area contributed by atoms with Gasteiger partial charge in [-0.15, -0.1) is 0 Å². The molecule has 0 fully saturated rings. The highest BCUT2D eigenvalue weighted by Gasteiger charge is 2.16. The summed E-state index contributed by atoms with van der Waals surface area (Å²) < 4.78 is 0. The standard InChI is InChI=1S/C56H34/c1-3-13-44-35(8-1)24-31-51-45(15-7-17-50(44)51)37-18-20-38(21-19-37)46-29-25-40-28-33-53-47(30-26-41-27-32-52(46)55(40)56(41)53)42-11-5-12-43(34-42)49-16-6-10-39-23-22-36-9-2-4-14-48(36)54(39)49/h1-34H. The molecule has 258 valence electrons. The Morgan fingerprint density at radius 2 is 0.607 bits per heavy atom. The third-order valence-electron chi connectivity index (χ3n) is 12.2. The van der Waals surface area contributed by atoms with Crippen molar-refractivity contribution in [2.24, 2.45) is 0 Å². The quantitative estimate of drug-likeness (QED) is 0.160. The van der Waals surface area contributed by atoms with E-state index in [1.807, 2.05) is 0 Å². The molecule has 0 unspecified atom stereocenters. The molecule has 0 aliphatic rings. The van der Waals surface area contributed by atoms with Gasteiger partial charge in [-0.2, -0.15) is 0 Å². The lowest BCUT2D eigenvalue weighted by Crippen LogP contribution is -1.90. The maximum atomic E-state index is 2.38. The van der Waals surface area contributed by atoms with Crippen LogP contribution in [0.1, 0.15) is 0 Å². The van der Waals surface area contributed by atoms with Crippen LogP contribution in [0.2, 0.25) is 0 Å². The van der Waals surface area contributed by atoms with Gasteiger partial charge >= 0.3 is 0 Å². The first-order chi connectivity index (χ1) is 27.8. The highest BCUT2D eigenvalue weighted by atomic mass is 14.2. The summed E-state index contributed by atoms with van der Waals surface area (Å²) in [5, 5.41) is 18.1. The Balaban J connectivity index is 0.980. The molecule has 0 heteroatoms. The Morgan fingerprint density at radius 3 is 1.34 bits per heavy atom. The molecule has 12 aromatic carbocycles. The van der Waals surface area contributed by atoms with Crippen LogP contribution < -0.4 is 0 Å². The maximum absolute atomic E-state index is 2.38. The molecule has 12 aromatic rings. The van der Waals surface area contributed by atoms with Gasteiger partial charge in [-0.25, -0.2) is 0 Å². The van der Waals surface area contributed by atoms with Crippen LogP contribution in [0.4, 0.5) is 0 Å². The van der Waals surface area contributed by atoms with E-state index in [-0.39, 0.29) is 0 Å². The molecular weight excluding hydrogens is 673 g/mol. The van der Waals surface area contributed by atoms with Crippen molar-refractivity contribution in [3.63, 3.8) is 0 Å². The Labute approximate surface area is 324 Å². The minimum absolute atomic E-state index is 1.23. The first kappa shape index (κ1) is 31.1. The fourth-order valence-corrected chi connectivity index (χ4v) is 9.58. The first-order valence-electron chi connectivity index (χ1n) is 19.5. The van der Waals surface area contributed by atoms with Crippen molar-refractivity contribution >= 4 is 75.4 Å². The van der Waals surface area contributed by atoms with Crippen LogP contribution >= 0.6 is 0 Å². The molecule has 0 saturated carbocycles. The van der Waals surface area contributed by atoms with Gasteiger partial charge in [0.2, 0.25) is 0 Å². The predicted molar refractivity (Wildman–Crippen MR) is 242 cm³/mol. The lowest BCUT2D eigenvalue weighted by Gasteiger charge is -2.17. The normalized spacial score (nSPS) is 11.9. The van der Waals surface area contributed by atoms with Gasteiger partial charge in [0.15, 0.2) is 0 Å². The van der Waals surface area contributed by atoms with Crippen molar-refractivity contribution in [2.75, 3.05) is 0 Å². The van der Waals surface area contributed by atoms with E-state index in [9.17, 15) is 0 Å². The molecule has 0 heterocycles. The van der Waals surface area contributed by atoms with Crippen LogP contribution in [0.25, 0.3) is 120 Å². The Morgan fingerprint density at radius 1 is 0.179 bits per heavy atom. The van der Waals surface area contributed by atoms with Crippen molar-refractivity contribution in [2.45, 2.75) is 0 Å². The first-order valence-corrected chi connectivity index (χ1v) is 19.5. The zero-order valence-corrected chi connectivity index (χ0v) is 30.6. The van der Waals surface area contributed by atoms with Gasteiger partial charge in [0.1, 0.15) is 0 Å². The molecule has 0 saturated heterocycles. The van der Waals surface area contributed by atoms with Gasteiger partial charge in [0, 0.05) is 0 Å². The number of benzene rings is 12. The summed E-state index contributed by atoms with van der Waals surface area (Å²) in [5.41, 5.74) is 9.98. The second-order valence-electron chi connectivity index (χ2n) is 15.2. The summed E-state index contributed by atoms with van der Waals surface area (Å²) in [7, 11) is 0. The van der Waals surface area contributed by atoms with Crippen molar-refractivity contribution in [3.05, 3.63) is 206 Å². The third kappa shape index (κ3) is 4.66. The minimum atomic E-state index is 1.23. The van der Waals surface area contributed by atoms with Crippen LogP contribution in [0, 0.1) is 0 Å². The van der Waals surface area contributed by atoms with E-state index in [1.165, 1.54) is 120 Å². The average molecular weight is 707 g/mol. The van der Waals surface area contributed by atoms with Crippen molar-refractivity contribution in [1.29, 1.82) is 0 Å². The second kappa shape index (κ2) is 12.1. The summed E-state index contributed by atoms with van der Waals surface area (Å²) in [5.74, 6) is 0. The number of rotatable bonds is 4. The monoisotopic (exact) mass is 706 g/mol. The van der Waals surface area contributed by atoms with Gasteiger partial charge in [0.25, 0.3) is 0 Å². The largest absolute Gasteiger partial charge is 0.0616 e. The van der Waals surface area contributed by atoms with E-state index >= 15 is 0 Å². The number of fused-ring (bicyclic) bond motifs is 6. The topological polar surface area (TPSA) is 0 Å². The smallest absolute Gasteiger partial charge is 0.00203 e. The van der Waals surface area contributed by atoms with Crippen LogP contribution in [0.3, 0.4) is 0 Å². The molecule has 0 radical (unpaired) electrons. The molecular formula is C56H34. The van der Waals surface area contributed by atoms with E-state index in [0.29, 0.717) is 0 Å². The molecule has 0 N–H and O–H groups in total. The van der Waals surface area contributed by atoms with E-state index < -0.39 is 0 Å². The Kier molecular flexibility index (Phi) is 6.73. The Hall–Kier alpha value is -7.28. The maximum Gasteiger partial charge on any atom is -0.00203 e. The van der Waals surface area contributed by atoms with E-state index in [1.54, 1.807) is 0 Å². The number of hydrogen-bond acceptors (Lipinski definition) is 0. The zero-order chi connectivity index (χ0) is 36.7. The van der Waals surface area contributed by atoms with Crippen LogP contribution in [-0.2, 0) is 0 Å². The van der Waals surface area contributed by atoms with Crippen molar-refractivity contribution in [3.8, 4) is 44.5 Å². The lowest BCUT2D eigenvalue weighted by atomic mass is 9.86. The van der Waals surface area contributed by atoms with E-state index in [2.05, 4.69) is 206 Å². The summed E-state index contributed by atoms with van der Waals surface area (Å²) in [6.07, 6.45) is 0. The molecule has 0 aromatic heterocycles. The highest BCUT2D eigenvalue weighted by molar-refractivity contribution is 6.27. The fraction of sp³-hybridized carbons (Fsp3) is 0. The summed E-state index contributed by atoms with van der Waals surface area (Å²) >= 11 is 0. The molecule has 0 spiro atoms. The van der Waals surface area contributed by atoms with Gasteiger partial charge < -0.3 is 0 Å². The minimum Gasteiger partial charge on any atom is -0.0616 e. The molecule has 0 aliphatic heterocycles. The predicted octanol–water partition coefficient (Wildman–Crippen LogP) is 15.9. The van der Waals surface area contributed by atoms with Gasteiger partial charge in [0.05, 0.1) is 0 Å². The molecule has 0 atom stereocenters. The Bertz CT molecular complexity index is 3510. The molecule has 0 bridgehead atoms. The van der Waals surface area contributed by atoms with E-state index in [0.717, 1.165) is 0 Å². The van der Waals surface area contributed by atoms with Crippen molar-refractivity contribution < 1.29 is 0 Å². The van der Waals surface area contributed by atoms with Gasteiger partial charge in [-0.1, -0.05) is 200 Å². The van der Waals surface area contributed by atoms with Crippen LogP contribution in [0.15, 0.2) is 206 Å². The van der Waals surface area contributed by atoms with Crippen molar-refractivity contribution in [1.82, 2.24) is 0 Å². The number of hydrogen-bond donors (Lipinski definition) is 0. The summed E-state index contributed by atoms with van der Waals surface area (Å²) in [6, 6.07) is 76.6. The zero-order valence-electron chi connectivity index (χ0n) is 30.6. The molecule has 0 nitrogen and oxygen atoms in total. The van der Waals surface area contributed by atoms with E-state index in [4.69, 9.17) is 0 Å². The second-order valence-corrected chi connectivity index (χ2v) is 15.2. The fourth-order valence-electron chi connectivity index (χ4n) is 9.58. The molecule has 0 aliphatic carbocycles. The molecule has 56 heavy (non-hydrogen) atoms. The van der Waals surface area contributed by atoms with Crippen LogP contribution in [0.5, 0.6) is 0 Å². The van der Waals surface area contributed by atoms with Crippen LogP contribution in [-0.4, -0.2) is 0 Å². The highest BCUT2D eigenvalue weighted by Crippen LogP contribution is 2.44. The SMILES string of the molecule is c1cc(-c2ccc3ccc4c(-c5ccc(-c6cccc7c6ccc6ccccc67)cc5)ccc5ccc2c3c54)cc(-c2cccc3ccc4ccccc4c23)c1. The molecule has 12 rings (SSSR count). The van der Waals surface area contributed by atoms with Gasteiger partial charge in [-0.05, 0) is 126 Å². The summed E-state index contributed by atoms with van der Waals surface area (Å²) in [4.78, 5) is 0. The third-order valence-corrected chi connectivity index (χ3v) is 12.2.